The molecular weight excluding hydrogens is 379 g/mol. The molecule has 12 heteroatoms. The fraction of sp³-hybridized carbons (Fsp3) is 0.0769. The predicted molar refractivity (Wildman–Crippen MR) is 82.1 cm³/mol. The molecule has 0 aliphatic rings. The van der Waals surface area contributed by atoms with Gasteiger partial charge in [-0.1, -0.05) is 11.3 Å². The Morgan fingerprint density at radius 3 is 2.28 bits per heavy atom. The van der Waals surface area contributed by atoms with Crippen molar-refractivity contribution in [1.29, 1.82) is 0 Å². The minimum absolute atomic E-state index is 0.253. The molecule has 0 amide bonds. The standard InChI is InChI=1S/C13H8F3N5O2S2/c14-13(15,16)8-1-3-9(4-2-8)25(22,23)11-6-17-10(5-18-11)20-12-21-19-7-24-12/h1-7H,(H,17,20,21). The smallest absolute Gasteiger partial charge is 0.313 e. The lowest BCUT2D eigenvalue weighted by Gasteiger charge is -2.08. The van der Waals surface area contributed by atoms with Gasteiger partial charge in [0.15, 0.2) is 10.8 Å². The average Bonchev–Trinajstić information content (AvgIpc) is 3.08. The first-order valence-electron chi connectivity index (χ1n) is 6.54. The molecule has 0 fully saturated rings. The molecule has 3 rings (SSSR count). The highest BCUT2D eigenvalue weighted by Crippen LogP contribution is 2.30. The summed E-state index contributed by atoms with van der Waals surface area (Å²) in [4.78, 5) is 7.40. The molecule has 0 aliphatic heterocycles. The maximum Gasteiger partial charge on any atom is 0.416 e. The zero-order chi connectivity index (χ0) is 18.1. The van der Waals surface area contributed by atoms with Crippen LogP contribution in [-0.4, -0.2) is 28.6 Å². The fourth-order valence-electron chi connectivity index (χ4n) is 1.80. The van der Waals surface area contributed by atoms with E-state index in [1.54, 1.807) is 0 Å². The molecule has 0 radical (unpaired) electrons. The second-order valence-corrected chi connectivity index (χ2v) is 7.36. The lowest BCUT2D eigenvalue weighted by atomic mass is 10.2. The monoisotopic (exact) mass is 387 g/mol. The van der Waals surface area contributed by atoms with Gasteiger partial charge in [0.1, 0.15) is 5.51 Å². The van der Waals surface area contributed by atoms with Crippen molar-refractivity contribution in [3.8, 4) is 0 Å². The molecule has 0 saturated carbocycles. The molecule has 0 bridgehead atoms. The molecule has 130 valence electrons. The first-order chi connectivity index (χ1) is 11.8. The van der Waals surface area contributed by atoms with Crippen LogP contribution in [0.2, 0.25) is 0 Å². The van der Waals surface area contributed by atoms with E-state index in [1.165, 1.54) is 23.0 Å². The van der Waals surface area contributed by atoms with Crippen molar-refractivity contribution in [3.05, 3.63) is 47.7 Å². The van der Waals surface area contributed by atoms with E-state index in [1.807, 2.05) is 0 Å². The molecule has 2 aromatic heterocycles. The van der Waals surface area contributed by atoms with Crippen LogP contribution in [0, 0.1) is 0 Å². The third-order valence-electron chi connectivity index (χ3n) is 2.99. The van der Waals surface area contributed by atoms with Crippen molar-refractivity contribution >= 4 is 32.1 Å². The molecule has 1 aromatic carbocycles. The van der Waals surface area contributed by atoms with Crippen LogP contribution < -0.4 is 5.32 Å². The van der Waals surface area contributed by atoms with Gasteiger partial charge < -0.3 is 5.32 Å². The third kappa shape index (κ3) is 3.74. The second-order valence-electron chi connectivity index (χ2n) is 4.63. The fourth-order valence-corrected chi connectivity index (χ4v) is 3.37. The SMILES string of the molecule is O=S(=O)(c1ccc(C(F)(F)F)cc1)c1cnc(Nc2nncs2)cn1. The Balaban J connectivity index is 1.84. The van der Waals surface area contributed by atoms with E-state index in [0.29, 0.717) is 17.3 Å². The molecule has 0 spiro atoms. The lowest BCUT2D eigenvalue weighted by Crippen LogP contribution is -2.08. The zero-order valence-electron chi connectivity index (χ0n) is 12.1. The molecule has 7 nitrogen and oxygen atoms in total. The van der Waals surface area contributed by atoms with Crippen LogP contribution in [0.4, 0.5) is 24.1 Å². The van der Waals surface area contributed by atoms with Crippen LogP contribution in [0.3, 0.4) is 0 Å². The molecule has 1 N–H and O–H groups in total. The summed E-state index contributed by atoms with van der Waals surface area (Å²) in [6.45, 7) is 0. The summed E-state index contributed by atoms with van der Waals surface area (Å²) in [6, 6.07) is 3.16. The maximum atomic E-state index is 12.6. The van der Waals surface area contributed by atoms with Gasteiger partial charge in [0, 0.05) is 0 Å². The number of halogens is 3. The highest BCUT2D eigenvalue weighted by Gasteiger charge is 2.31. The van der Waals surface area contributed by atoms with Gasteiger partial charge in [-0.25, -0.2) is 18.4 Å². The molecule has 3 aromatic rings. The number of anilines is 2. The van der Waals surface area contributed by atoms with Gasteiger partial charge in [-0.15, -0.1) is 10.2 Å². The topological polar surface area (TPSA) is 97.7 Å². The number of sulfone groups is 1. The minimum Gasteiger partial charge on any atom is -0.313 e. The summed E-state index contributed by atoms with van der Waals surface area (Å²) in [7, 11) is -4.07. The molecule has 0 atom stereocenters. The van der Waals surface area contributed by atoms with E-state index in [2.05, 4.69) is 25.5 Å². The quantitative estimate of drug-likeness (QED) is 0.735. The summed E-state index contributed by atoms with van der Waals surface area (Å²) in [5.41, 5.74) is 0.563. The van der Waals surface area contributed by atoms with E-state index in [9.17, 15) is 21.6 Å². The van der Waals surface area contributed by atoms with Crippen molar-refractivity contribution in [2.45, 2.75) is 16.1 Å². The Bertz CT molecular complexity index is 956. The van der Waals surface area contributed by atoms with Crippen molar-refractivity contribution in [3.63, 3.8) is 0 Å². The van der Waals surface area contributed by atoms with E-state index in [0.717, 1.165) is 18.3 Å². The average molecular weight is 387 g/mol. The largest absolute Gasteiger partial charge is 0.416 e. The lowest BCUT2D eigenvalue weighted by molar-refractivity contribution is -0.137. The first-order valence-corrected chi connectivity index (χ1v) is 8.91. The summed E-state index contributed by atoms with van der Waals surface area (Å²) >= 11 is 1.22. The normalized spacial score (nSPS) is 12.1. The van der Waals surface area contributed by atoms with Crippen LogP contribution in [0.5, 0.6) is 0 Å². The van der Waals surface area contributed by atoms with E-state index >= 15 is 0 Å². The van der Waals surface area contributed by atoms with Crippen LogP contribution in [-0.2, 0) is 16.0 Å². The second kappa shape index (κ2) is 6.37. The molecule has 25 heavy (non-hydrogen) atoms. The third-order valence-corrected chi connectivity index (χ3v) is 5.25. The number of aromatic nitrogens is 4. The summed E-state index contributed by atoms with van der Waals surface area (Å²) in [5, 5.41) is 10.2. The number of nitrogens with zero attached hydrogens (tertiary/aromatic N) is 4. The highest BCUT2D eigenvalue weighted by atomic mass is 32.2. The van der Waals surface area contributed by atoms with Crippen LogP contribution in [0.25, 0.3) is 0 Å². The predicted octanol–water partition coefficient (Wildman–Crippen LogP) is 2.92. The molecule has 0 saturated heterocycles. The zero-order valence-corrected chi connectivity index (χ0v) is 13.7. The number of hydrogen-bond acceptors (Lipinski definition) is 8. The van der Waals surface area contributed by atoms with E-state index < -0.39 is 21.6 Å². The summed E-state index contributed by atoms with van der Waals surface area (Å²) in [6.07, 6.45) is -2.35. The Labute approximate surface area is 143 Å². The summed E-state index contributed by atoms with van der Waals surface area (Å²) in [5.74, 6) is 0.253. The number of benzene rings is 1. The summed E-state index contributed by atoms with van der Waals surface area (Å²) < 4.78 is 62.5. The van der Waals surface area contributed by atoms with Crippen molar-refractivity contribution in [2.24, 2.45) is 0 Å². The number of nitrogens with one attached hydrogen (secondary N) is 1. The van der Waals surface area contributed by atoms with Crippen molar-refractivity contribution in [1.82, 2.24) is 20.2 Å². The van der Waals surface area contributed by atoms with E-state index in [4.69, 9.17) is 0 Å². The number of alkyl halides is 3. The van der Waals surface area contributed by atoms with Gasteiger partial charge in [0.25, 0.3) is 0 Å². The van der Waals surface area contributed by atoms with Crippen LogP contribution in [0.15, 0.2) is 52.1 Å². The maximum absolute atomic E-state index is 12.6. The molecule has 0 unspecified atom stereocenters. The van der Waals surface area contributed by atoms with Gasteiger partial charge in [-0.05, 0) is 24.3 Å². The minimum atomic E-state index is -4.54. The van der Waals surface area contributed by atoms with E-state index in [-0.39, 0.29) is 15.7 Å². The van der Waals surface area contributed by atoms with Gasteiger partial charge in [0.05, 0.1) is 22.9 Å². The van der Waals surface area contributed by atoms with Gasteiger partial charge in [0.2, 0.25) is 15.0 Å². The van der Waals surface area contributed by atoms with Crippen molar-refractivity contribution in [2.75, 3.05) is 5.32 Å². The Kier molecular flexibility index (Phi) is 4.39. The Hall–Kier alpha value is -2.60. The molecule has 2 heterocycles. The molecular formula is C13H8F3N5O2S2. The number of hydrogen-bond donors (Lipinski definition) is 1. The van der Waals surface area contributed by atoms with Crippen molar-refractivity contribution < 1.29 is 21.6 Å². The number of rotatable bonds is 4. The van der Waals surface area contributed by atoms with Gasteiger partial charge in [-0.2, -0.15) is 13.2 Å². The van der Waals surface area contributed by atoms with Gasteiger partial charge in [-0.3, -0.25) is 0 Å². The Morgan fingerprint density at radius 2 is 1.76 bits per heavy atom. The molecule has 0 aliphatic carbocycles. The van der Waals surface area contributed by atoms with Crippen LogP contribution in [0.1, 0.15) is 5.56 Å². The van der Waals surface area contributed by atoms with Crippen LogP contribution >= 0.6 is 11.3 Å². The van der Waals surface area contributed by atoms with Gasteiger partial charge >= 0.3 is 6.18 Å². The Morgan fingerprint density at radius 1 is 1.04 bits per heavy atom. The first kappa shape index (κ1) is 17.2. The highest BCUT2D eigenvalue weighted by molar-refractivity contribution is 7.91.